The van der Waals surface area contributed by atoms with Crippen LogP contribution in [0.5, 0.6) is 0 Å². The van der Waals surface area contributed by atoms with Crippen molar-refractivity contribution in [3.8, 4) is 0 Å². The number of hydrogen-bond acceptors (Lipinski definition) is 5. The molecule has 6 nitrogen and oxygen atoms in total. The molecule has 0 aromatic heterocycles. The summed E-state index contributed by atoms with van der Waals surface area (Å²) in [4.78, 5) is 16.2. The summed E-state index contributed by atoms with van der Waals surface area (Å²) in [6.45, 7) is 16.8. The van der Waals surface area contributed by atoms with Crippen LogP contribution in [-0.4, -0.2) is 80.0 Å². The Balaban J connectivity index is 2.11. The largest absolute Gasteiger partial charge is 0.444 e. The van der Waals surface area contributed by atoms with Gasteiger partial charge in [0.25, 0.3) is 0 Å². The van der Waals surface area contributed by atoms with Crippen molar-refractivity contribution in [1.82, 2.24) is 15.1 Å². The number of nitrogens with zero attached hydrogens (tertiary/aromatic N) is 2. The van der Waals surface area contributed by atoms with Crippen LogP contribution in [0.1, 0.15) is 41.0 Å². The van der Waals surface area contributed by atoms with E-state index in [9.17, 15) is 4.79 Å². The fourth-order valence-corrected chi connectivity index (χ4v) is 2.49. The van der Waals surface area contributed by atoms with Crippen molar-refractivity contribution in [3.05, 3.63) is 0 Å². The number of nitrogens with one attached hydrogen (secondary N) is 1. The second kappa shape index (κ2) is 10.1. The van der Waals surface area contributed by atoms with Crippen LogP contribution in [0.15, 0.2) is 0 Å². The Morgan fingerprint density at radius 3 is 2.43 bits per heavy atom. The SMILES string of the molecule is CCOCC(C)NCCCN1CCN(C(=O)OC(C)(C)C)CC1. The number of rotatable bonds is 8. The van der Waals surface area contributed by atoms with Crippen molar-refractivity contribution < 1.29 is 14.3 Å². The van der Waals surface area contributed by atoms with Crippen molar-refractivity contribution in [2.45, 2.75) is 52.7 Å². The third-order valence-electron chi connectivity index (χ3n) is 3.74. The van der Waals surface area contributed by atoms with Crippen LogP contribution in [0.3, 0.4) is 0 Å². The van der Waals surface area contributed by atoms with Gasteiger partial charge < -0.3 is 19.7 Å². The Labute approximate surface area is 141 Å². The molecule has 0 aromatic carbocycles. The molecule has 1 rings (SSSR count). The number of amides is 1. The van der Waals surface area contributed by atoms with Crippen molar-refractivity contribution in [1.29, 1.82) is 0 Å². The molecule has 136 valence electrons. The number of piperazine rings is 1. The number of hydrogen-bond donors (Lipinski definition) is 1. The molecule has 23 heavy (non-hydrogen) atoms. The lowest BCUT2D eigenvalue weighted by atomic mass is 10.2. The van der Waals surface area contributed by atoms with Gasteiger partial charge in [-0.05, 0) is 54.1 Å². The van der Waals surface area contributed by atoms with E-state index in [1.807, 2.05) is 32.6 Å². The lowest BCUT2D eigenvalue weighted by Gasteiger charge is -2.35. The van der Waals surface area contributed by atoms with Gasteiger partial charge >= 0.3 is 6.09 Å². The molecule has 1 amide bonds. The number of carbonyl (C=O) groups is 1. The minimum Gasteiger partial charge on any atom is -0.444 e. The summed E-state index contributed by atoms with van der Waals surface area (Å²) >= 11 is 0. The predicted molar refractivity (Wildman–Crippen MR) is 92.8 cm³/mol. The van der Waals surface area contributed by atoms with Gasteiger partial charge in [-0.3, -0.25) is 4.90 Å². The van der Waals surface area contributed by atoms with E-state index in [0.29, 0.717) is 6.04 Å². The molecule has 1 unspecified atom stereocenters. The molecule has 1 atom stereocenters. The van der Waals surface area contributed by atoms with E-state index in [4.69, 9.17) is 9.47 Å². The van der Waals surface area contributed by atoms with Crippen molar-refractivity contribution >= 4 is 6.09 Å². The zero-order valence-electron chi connectivity index (χ0n) is 15.6. The van der Waals surface area contributed by atoms with Crippen LogP contribution < -0.4 is 5.32 Å². The molecule has 1 aliphatic rings. The van der Waals surface area contributed by atoms with Gasteiger partial charge in [0.15, 0.2) is 0 Å². The first-order valence-corrected chi connectivity index (χ1v) is 8.83. The minimum absolute atomic E-state index is 0.191. The molecule has 0 bridgehead atoms. The van der Waals surface area contributed by atoms with Crippen LogP contribution in [0.4, 0.5) is 4.79 Å². The maximum atomic E-state index is 12.0. The van der Waals surface area contributed by atoms with E-state index >= 15 is 0 Å². The maximum absolute atomic E-state index is 12.0. The highest BCUT2D eigenvalue weighted by Gasteiger charge is 2.25. The Kier molecular flexibility index (Phi) is 8.87. The van der Waals surface area contributed by atoms with Gasteiger partial charge in [0.05, 0.1) is 6.61 Å². The van der Waals surface area contributed by atoms with E-state index in [0.717, 1.165) is 58.9 Å². The van der Waals surface area contributed by atoms with Gasteiger partial charge in [-0.2, -0.15) is 0 Å². The second-order valence-electron chi connectivity index (χ2n) is 7.18. The summed E-state index contributed by atoms with van der Waals surface area (Å²) in [7, 11) is 0. The highest BCUT2D eigenvalue weighted by molar-refractivity contribution is 5.68. The van der Waals surface area contributed by atoms with Gasteiger partial charge in [-0.15, -0.1) is 0 Å². The monoisotopic (exact) mass is 329 g/mol. The Bertz CT molecular complexity index is 336. The highest BCUT2D eigenvalue weighted by Crippen LogP contribution is 2.11. The molecular formula is C17H35N3O3. The van der Waals surface area contributed by atoms with E-state index in [2.05, 4.69) is 17.1 Å². The first-order chi connectivity index (χ1) is 10.8. The van der Waals surface area contributed by atoms with E-state index in [1.165, 1.54) is 0 Å². The van der Waals surface area contributed by atoms with Gasteiger partial charge in [-0.1, -0.05) is 0 Å². The zero-order valence-corrected chi connectivity index (χ0v) is 15.6. The average molecular weight is 329 g/mol. The van der Waals surface area contributed by atoms with E-state index < -0.39 is 5.60 Å². The zero-order chi connectivity index (χ0) is 17.3. The lowest BCUT2D eigenvalue weighted by molar-refractivity contribution is 0.0144. The molecule has 0 spiro atoms. The molecule has 1 N–H and O–H groups in total. The summed E-state index contributed by atoms with van der Waals surface area (Å²) in [5, 5.41) is 3.47. The molecular weight excluding hydrogens is 294 g/mol. The standard InChI is InChI=1S/C17H35N3O3/c1-6-22-14-15(2)18-8-7-9-19-10-12-20(13-11-19)16(21)23-17(3,4)5/h15,18H,6-14H2,1-5H3. The van der Waals surface area contributed by atoms with Crippen molar-refractivity contribution in [2.75, 3.05) is 52.5 Å². The fourth-order valence-electron chi connectivity index (χ4n) is 2.49. The summed E-state index contributed by atoms with van der Waals surface area (Å²) in [6.07, 6.45) is 0.923. The first-order valence-electron chi connectivity index (χ1n) is 8.83. The van der Waals surface area contributed by atoms with E-state index in [1.54, 1.807) is 0 Å². The Morgan fingerprint density at radius 2 is 1.87 bits per heavy atom. The van der Waals surface area contributed by atoms with Crippen molar-refractivity contribution in [3.63, 3.8) is 0 Å². The molecule has 1 fully saturated rings. The average Bonchev–Trinajstić information content (AvgIpc) is 2.48. The van der Waals surface area contributed by atoms with Gasteiger partial charge in [0.1, 0.15) is 5.60 Å². The Morgan fingerprint density at radius 1 is 1.22 bits per heavy atom. The Hall–Kier alpha value is -0.850. The molecule has 0 aromatic rings. The molecule has 1 saturated heterocycles. The normalized spacial score (nSPS) is 18.0. The van der Waals surface area contributed by atoms with Crippen LogP contribution in [0.2, 0.25) is 0 Å². The van der Waals surface area contributed by atoms with Gasteiger partial charge in [-0.25, -0.2) is 4.79 Å². The molecule has 0 radical (unpaired) electrons. The lowest BCUT2D eigenvalue weighted by Crippen LogP contribution is -2.50. The number of carbonyl (C=O) groups excluding carboxylic acids is 1. The summed E-state index contributed by atoms with van der Waals surface area (Å²) in [6, 6.07) is 0.402. The van der Waals surface area contributed by atoms with Crippen LogP contribution in [0.25, 0.3) is 0 Å². The summed E-state index contributed by atoms with van der Waals surface area (Å²) in [5.74, 6) is 0. The fraction of sp³-hybridized carbons (Fsp3) is 0.941. The molecule has 0 saturated carbocycles. The van der Waals surface area contributed by atoms with E-state index in [-0.39, 0.29) is 6.09 Å². The quantitative estimate of drug-likeness (QED) is 0.690. The predicted octanol–water partition coefficient (Wildman–Crippen LogP) is 1.94. The highest BCUT2D eigenvalue weighted by atomic mass is 16.6. The topological polar surface area (TPSA) is 54.0 Å². The van der Waals surface area contributed by atoms with Gasteiger partial charge in [0, 0.05) is 38.8 Å². The smallest absolute Gasteiger partial charge is 0.410 e. The van der Waals surface area contributed by atoms with Crippen LogP contribution in [-0.2, 0) is 9.47 Å². The third-order valence-corrected chi connectivity index (χ3v) is 3.74. The minimum atomic E-state index is -0.419. The number of ether oxygens (including phenoxy) is 2. The molecule has 6 heteroatoms. The molecule has 1 aliphatic heterocycles. The van der Waals surface area contributed by atoms with Crippen LogP contribution >= 0.6 is 0 Å². The summed E-state index contributed by atoms with van der Waals surface area (Å²) in [5.41, 5.74) is -0.419. The van der Waals surface area contributed by atoms with Crippen LogP contribution in [0, 0.1) is 0 Å². The molecule has 1 heterocycles. The maximum Gasteiger partial charge on any atom is 0.410 e. The summed E-state index contributed by atoms with van der Waals surface area (Å²) < 4.78 is 10.8. The van der Waals surface area contributed by atoms with Gasteiger partial charge in [0.2, 0.25) is 0 Å². The van der Waals surface area contributed by atoms with Crippen molar-refractivity contribution in [2.24, 2.45) is 0 Å². The molecule has 0 aliphatic carbocycles. The first kappa shape index (κ1) is 20.2. The second-order valence-corrected chi connectivity index (χ2v) is 7.18. The third kappa shape index (κ3) is 9.13.